The largest absolute Gasteiger partial charge is 0.386 e. The fraction of sp³-hybridized carbons (Fsp3) is 0.625. The molecule has 25 heavy (non-hydrogen) atoms. The number of nitrogens with zero attached hydrogens (tertiary/aromatic N) is 6. The second-order valence-electron chi connectivity index (χ2n) is 6.75. The molecule has 8 nitrogen and oxygen atoms in total. The van der Waals surface area contributed by atoms with Crippen LogP contribution in [0.25, 0.3) is 0 Å². The Bertz CT molecular complexity index is 769. The van der Waals surface area contributed by atoms with Gasteiger partial charge in [0.1, 0.15) is 12.4 Å². The number of amides is 1. The summed E-state index contributed by atoms with van der Waals surface area (Å²) in [5.74, 6) is 0.796. The molecular weight excluding hydrogens is 340 g/mol. The minimum Gasteiger partial charge on any atom is -0.386 e. The number of carbonyl (C=O) groups is 1. The summed E-state index contributed by atoms with van der Waals surface area (Å²) in [6.07, 6.45) is 4.19. The van der Waals surface area contributed by atoms with E-state index in [0.717, 1.165) is 48.9 Å². The summed E-state index contributed by atoms with van der Waals surface area (Å²) in [5, 5.41) is 23.4. The minimum atomic E-state index is -0.463. The molecule has 2 aromatic rings. The Hall–Kier alpha value is -1.87. The van der Waals surface area contributed by atoms with E-state index in [4.69, 9.17) is 0 Å². The third-order valence-electron chi connectivity index (χ3n) is 4.75. The van der Waals surface area contributed by atoms with Crippen molar-refractivity contribution in [2.24, 2.45) is 13.0 Å². The third kappa shape index (κ3) is 3.57. The van der Waals surface area contributed by atoms with Crippen molar-refractivity contribution in [2.45, 2.75) is 43.6 Å². The molecule has 0 unspecified atom stereocenters. The molecular formula is C16H22N6O2S. The van der Waals surface area contributed by atoms with Gasteiger partial charge in [0.05, 0.1) is 23.7 Å². The molecule has 0 spiro atoms. The standard InChI is InChI=1S/C16H22N6O2S/c1-20-10-17-18-16(20)25-9-14(23)21-5-2-6-22-12(8-21)7-13(19-22)15(24)11-3-4-11/h7,10-11,15,24H,2-6,8-9H2,1H3/t15-/m1/s1. The molecule has 1 atom stereocenters. The maximum atomic E-state index is 12.6. The Labute approximate surface area is 150 Å². The van der Waals surface area contributed by atoms with Crippen molar-refractivity contribution in [3.05, 3.63) is 23.8 Å². The number of aliphatic hydroxyl groups is 1. The molecule has 9 heteroatoms. The SMILES string of the molecule is Cn1cnnc1SCC(=O)N1CCCn2nc([C@H](O)C3CC3)cc2C1. The van der Waals surface area contributed by atoms with E-state index in [2.05, 4.69) is 15.3 Å². The minimum absolute atomic E-state index is 0.0898. The molecule has 2 aliphatic rings. The van der Waals surface area contributed by atoms with Crippen LogP contribution in [-0.4, -0.2) is 52.8 Å². The van der Waals surface area contributed by atoms with Gasteiger partial charge in [0.15, 0.2) is 5.16 Å². The zero-order valence-corrected chi connectivity index (χ0v) is 15.0. The van der Waals surface area contributed by atoms with Crippen LogP contribution >= 0.6 is 11.8 Å². The molecule has 0 bridgehead atoms. The van der Waals surface area contributed by atoms with Gasteiger partial charge < -0.3 is 14.6 Å². The Balaban J connectivity index is 1.41. The van der Waals surface area contributed by atoms with Crippen LogP contribution in [0.15, 0.2) is 17.6 Å². The number of thioether (sulfide) groups is 1. The van der Waals surface area contributed by atoms with Gasteiger partial charge in [0.25, 0.3) is 0 Å². The lowest BCUT2D eigenvalue weighted by Crippen LogP contribution is -2.32. The van der Waals surface area contributed by atoms with Gasteiger partial charge in [-0.3, -0.25) is 9.48 Å². The first-order valence-electron chi connectivity index (χ1n) is 8.61. The van der Waals surface area contributed by atoms with E-state index < -0.39 is 6.10 Å². The predicted molar refractivity (Wildman–Crippen MR) is 91.7 cm³/mol. The van der Waals surface area contributed by atoms with Crippen molar-refractivity contribution in [2.75, 3.05) is 12.3 Å². The van der Waals surface area contributed by atoms with Crippen LogP contribution in [0.3, 0.4) is 0 Å². The molecule has 2 aromatic heterocycles. The van der Waals surface area contributed by atoms with E-state index in [-0.39, 0.29) is 5.91 Å². The number of hydrogen-bond donors (Lipinski definition) is 1. The monoisotopic (exact) mass is 362 g/mol. The van der Waals surface area contributed by atoms with Gasteiger partial charge in [0.2, 0.25) is 5.91 Å². The first-order valence-corrected chi connectivity index (χ1v) is 9.59. The van der Waals surface area contributed by atoms with Crippen molar-refractivity contribution in [3.63, 3.8) is 0 Å². The molecule has 4 rings (SSSR count). The topological polar surface area (TPSA) is 89.1 Å². The molecule has 0 saturated heterocycles. The van der Waals surface area contributed by atoms with Crippen molar-refractivity contribution in [3.8, 4) is 0 Å². The number of carbonyl (C=O) groups excluding carboxylic acids is 1. The van der Waals surface area contributed by atoms with E-state index in [1.54, 1.807) is 10.9 Å². The number of aromatic nitrogens is 5. The summed E-state index contributed by atoms with van der Waals surface area (Å²) in [6, 6.07) is 1.96. The van der Waals surface area contributed by atoms with Gasteiger partial charge in [-0.05, 0) is 31.2 Å². The van der Waals surface area contributed by atoms with Gasteiger partial charge in [-0.1, -0.05) is 11.8 Å². The highest BCUT2D eigenvalue weighted by Gasteiger charge is 2.33. The first-order chi connectivity index (χ1) is 12.1. The summed E-state index contributed by atoms with van der Waals surface area (Å²) >= 11 is 1.40. The van der Waals surface area contributed by atoms with Gasteiger partial charge >= 0.3 is 0 Å². The molecule has 1 fully saturated rings. The highest BCUT2D eigenvalue weighted by atomic mass is 32.2. The predicted octanol–water partition coefficient (Wildman–Crippen LogP) is 0.980. The molecule has 134 valence electrons. The second kappa shape index (κ2) is 6.80. The summed E-state index contributed by atoms with van der Waals surface area (Å²) in [6.45, 7) is 2.05. The van der Waals surface area contributed by atoms with Gasteiger partial charge in [-0.25, -0.2) is 0 Å². The van der Waals surface area contributed by atoms with Crippen LogP contribution in [0.4, 0.5) is 0 Å². The van der Waals surface area contributed by atoms with Crippen molar-refractivity contribution >= 4 is 17.7 Å². The Kier molecular flexibility index (Phi) is 4.51. The quantitative estimate of drug-likeness (QED) is 0.798. The zero-order valence-electron chi connectivity index (χ0n) is 14.2. The number of fused-ring (bicyclic) bond motifs is 1. The normalized spacial score (nSPS) is 18.7. The fourth-order valence-corrected chi connectivity index (χ4v) is 3.91. The lowest BCUT2D eigenvalue weighted by molar-refractivity contribution is -0.128. The summed E-state index contributed by atoms with van der Waals surface area (Å²) in [7, 11) is 1.87. The molecule has 1 amide bonds. The number of aliphatic hydroxyl groups excluding tert-OH is 1. The number of hydrogen-bond acceptors (Lipinski definition) is 6. The average Bonchev–Trinajstić information content (AvgIpc) is 3.31. The molecule has 3 heterocycles. The number of aryl methyl sites for hydroxylation is 2. The maximum Gasteiger partial charge on any atom is 0.233 e. The summed E-state index contributed by atoms with van der Waals surface area (Å²) in [4.78, 5) is 14.5. The first kappa shape index (κ1) is 16.6. The average molecular weight is 362 g/mol. The van der Waals surface area contributed by atoms with Crippen molar-refractivity contribution < 1.29 is 9.90 Å². The van der Waals surface area contributed by atoms with Crippen LogP contribution in [0, 0.1) is 5.92 Å². The van der Waals surface area contributed by atoms with E-state index in [1.165, 1.54) is 11.8 Å². The Morgan fingerprint density at radius 2 is 2.28 bits per heavy atom. The molecule has 1 aliphatic carbocycles. The molecule has 1 N–H and O–H groups in total. The lowest BCUT2D eigenvalue weighted by atomic mass is 10.1. The Morgan fingerprint density at radius 1 is 1.44 bits per heavy atom. The molecule has 0 aromatic carbocycles. The zero-order chi connectivity index (χ0) is 17.4. The smallest absolute Gasteiger partial charge is 0.233 e. The highest BCUT2D eigenvalue weighted by Crippen LogP contribution is 2.40. The van der Waals surface area contributed by atoms with Gasteiger partial charge in [0, 0.05) is 20.1 Å². The van der Waals surface area contributed by atoms with Crippen LogP contribution in [-0.2, 0) is 24.9 Å². The van der Waals surface area contributed by atoms with Crippen LogP contribution < -0.4 is 0 Å². The van der Waals surface area contributed by atoms with Crippen molar-refractivity contribution in [1.29, 1.82) is 0 Å². The van der Waals surface area contributed by atoms with E-state index in [1.807, 2.05) is 22.7 Å². The Morgan fingerprint density at radius 3 is 3.00 bits per heavy atom. The van der Waals surface area contributed by atoms with Crippen molar-refractivity contribution in [1.82, 2.24) is 29.4 Å². The highest BCUT2D eigenvalue weighted by molar-refractivity contribution is 7.99. The number of rotatable bonds is 5. The molecule has 0 radical (unpaired) electrons. The summed E-state index contributed by atoms with van der Waals surface area (Å²) in [5.41, 5.74) is 1.75. The maximum absolute atomic E-state index is 12.6. The third-order valence-corrected chi connectivity index (χ3v) is 5.77. The molecule has 1 saturated carbocycles. The van der Waals surface area contributed by atoms with E-state index in [0.29, 0.717) is 18.2 Å². The van der Waals surface area contributed by atoms with Gasteiger partial charge in [-0.15, -0.1) is 10.2 Å². The van der Waals surface area contributed by atoms with Crippen LogP contribution in [0.1, 0.15) is 36.8 Å². The molecule has 1 aliphatic heterocycles. The van der Waals surface area contributed by atoms with Crippen LogP contribution in [0.5, 0.6) is 0 Å². The lowest BCUT2D eigenvalue weighted by Gasteiger charge is -2.19. The van der Waals surface area contributed by atoms with E-state index >= 15 is 0 Å². The summed E-state index contributed by atoms with van der Waals surface area (Å²) < 4.78 is 3.75. The fourth-order valence-electron chi connectivity index (χ4n) is 3.12. The van der Waals surface area contributed by atoms with Crippen LogP contribution in [0.2, 0.25) is 0 Å². The second-order valence-corrected chi connectivity index (χ2v) is 7.69. The van der Waals surface area contributed by atoms with E-state index in [9.17, 15) is 9.90 Å². The van der Waals surface area contributed by atoms with Gasteiger partial charge in [-0.2, -0.15) is 5.10 Å².